The summed E-state index contributed by atoms with van der Waals surface area (Å²) in [4.78, 5) is 0. The minimum atomic E-state index is -0.365. The molecule has 0 aromatic heterocycles. The van der Waals surface area contributed by atoms with Crippen LogP contribution in [0.5, 0.6) is 0 Å². The Labute approximate surface area is 53.9 Å². The normalized spacial score (nSPS) is 9.00. The maximum absolute atomic E-state index is 6.62. The molecule has 0 aliphatic heterocycles. The summed E-state index contributed by atoms with van der Waals surface area (Å²) in [6.07, 6.45) is 0. The van der Waals surface area contributed by atoms with Crippen LogP contribution < -0.4 is 22.7 Å². The van der Waals surface area contributed by atoms with E-state index >= 15 is 0 Å². The standard InChI is InChI=1S/H4I2N2P/c3-1-4-2-5/h5H2,(H2,3,4)/q-1. The molecule has 0 saturated carbocycles. The van der Waals surface area contributed by atoms with Crippen molar-refractivity contribution < 1.29 is 20.9 Å². The third kappa shape index (κ3) is 5.65. The van der Waals surface area contributed by atoms with Gasteiger partial charge in [0.2, 0.25) is 0 Å². The van der Waals surface area contributed by atoms with Gasteiger partial charge >= 0.3 is 54.4 Å². The molecule has 2 N–H and O–H groups in total. The Kier molecular flexibility index (Phi) is 7.51. The number of rotatable bonds is 2. The van der Waals surface area contributed by atoms with E-state index in [-0.39, 0.29) is 42.2 Å². The van der Waals surface area contributed by atoms with Crippen LogP contribution in [-0.4, -0.2) is 0 Å². The van der Waals surface area contributed by atoms with Gasteiger partial charge < -0.3 is 0 Å². The predicted octanol–water partition coefficient (Wildman–Crippen LogP) is -1.98. The van der Waals surface area contributed by atoms with Gasteiger partial charge in [-0.25, -0.2) is 0 Å². The SMILES string of the molecule is N=IN[I-]P. The van der Waals surface area contributed by atoms with E-state index < -0.39 is 0 Å². The molecular weight excluding hydrogens is 313 g/mol. The van der Waals surface area contributed by atoms with Crippen LogP contribution in [0, 0.1) is 3.56 Å². The fourth-order valence-corrected chi connectivity index (χ4v) is 2.78. The van der Waals surface area contributed by atoms with Crippen LogP contribution in [0.3, 0.4) is 0 Å². The molecule has 0 amide bonds. The Morgan fingerprint density at radius 1 is 2.00 bits per heavy atom. The molecule has 0 spiro atoms. The zero-order valence-corrected chi connectivity index (χ0v) is 7.80. The van der Waals surface area contributed by atoms with Gasteiger partial charge in [-0.05, 0) is 0 Å². The average molecular weight is 317 g/mol. The summed E-state index contributed by atoms with van der Waals surface area (Å²) >= 11 is -0.229. The van der Waals surface area contributed by atoms with Gasteiger partial charge in [-0.1, -0.05) is 0 Å². The summed E-state index contributed by atoms with van der Waals surface area (Å²) < 4.78 is 9.58. The molecule has 0 radical (unpaired) electrons. The van der Waals surface area contributed by atoms with Crippen LogP contribution in [0.25, 0.3) is 0 Å². The Morgan fingerprint density at radius 3 is 2.60 bits per heavy atom. The zero-order valence-electron chi connectivity index (χ0n) is 2.33. The van der Waals surface area contributed by atoms with Gasteiger partial charge in [0, 0.05) is 0 Å². The summed E-state index contributed by atoms with van der Waals surface area (Å²) in [7, 11) is 0. The summed E-state index contributed by atoms with van der Waals surface area (Å²) in [5, 5.41) is 0. The van der Waals surface area contributed by atoms with Gasteiger partial charge in [-0.2, -0.15) is 0 Å². The molecule has 1 unspecified atom stereocenters. The van der Waals surface area contributed by atoms with Crippen molar-refractivity contribution in [1.29, 1.82) is 3.56 Å². The van der Waals surface area contributed by atoms with Crippen molar-refractivity contribution in [3.63, 3.8) is 0 Å². The van der Waals surface area contributed by atoms with E-state index in [1.807, 2.05) is 0 Å². The number of hydrogen-bond acceptors (Lipinski definition) is 1. The fraction of sp³-hybridized carbons (Fsp3) is 0. The molecule has 5 heteroatoms. The minimum absolute atomic E-state index is 0.135. The van der Waals surface area contributed by atoms with Crippen molar-refractivity contribution in [1.82, 2.24) is 1.74 Å². The second-order valence-electron chi connectivity index (χ2n) is 0.275. The number of halogens is 2. The zero-order chi connectivity index (χ0) is 4.12. The summed E-state index contributed by atoms with van der Waals surface area (Å²) in [5.74, 6) is 0. The topological polar surface area (TPSA) is 35.9 Å². The quantitative estimate of drug-likeness (QED) is 0.346. The summed E-state index contributed by atoms with van der Waals surface area (Å²) in [6.45, 7) is 2.61. The van der Waals surface area contributed by atoms with Crippen LogP contribution in [0.1, 0.15) is 0 Å². The third-order valence-corrected chi connectivity index (χ3v) is 7.17. The first kappa shape index (κ1) is 6.65. The molecule has 0 aliphatic carbocycles. The summed E-state index contributed by atoms with van der Waals surface area (Å²) in [5.41, 5.74) is 0. The van der Waals surface area contributed by atoms with Crippen LogP contribution in [-0.2, 0) is 0 Å². The monoisotopic (exact) mass is 317 g/mol. The second kappa shape index (κ2) is 5.65. The Balaban J connectivity index is 2.40. The van der Waals surface area contributed by atoms with E-state index in [9.17, 15) is 0 Å². The molecule has 0 aromatic rings. The van der Waals surface area contributed by atoms with Crippen LogP contribution in [0.15, 0.2) is 0 Å². The molecular formula is H4I2N2P-. The van der Waals surface area contributed by atoms with Crippen LogP contribution >= 0.6 is 28.2 Å². The van der Waals surface area contributed by atoms with Gasteiger partial charge in [-0.15, -0.1) is 0 Å². The van der Waals surface area contributed by atoms with Crippen LogP contribution in [0.4, 0.5) is 0 Å². The van der Waals surface area contributed by atoms with E-state index in [0.29, 0.717) is 0 Å². The maximum atomic E-state index is 6.62. The van der Waals surface area contributed by atoms with Crippen molar-refractivity contribution in [3.05, 3.63) is 0 Å². The summed E-state index contributed by atoms with van der Waals surface area (Å²) in [6, 6.07) is 0. The van der Waals surface area contributed by atoms with Crippen molar-refractivity contribution >= 4 is 28.2 Å². The second-order valence-corrected chi connectivity index (χ2v) is 6.04. The first-order valence-electron chi connectivity index (χ1n) is 0.785. The Bertz CT molecular complexity index is 28.8. The predicted molar refractivity (Wildman–Crippen MR) is 29.6 cm³/mol. The van der Waals surface area contributed by atoms with E-state index in [0.717, 1.165) is 0 Å². The number of nitrogens with one attached hydrogen (secondary N) is 2. The van der Waals surface area contributed by atoms with E-state index in [2.05, 4.69) is 8.63 Å². The molecule has 0 rings (SSSR count). The van der Waals surface area contributed by atoms with Crippen molar-refractivity contribution in [3.8, 4) is 0 Å². The molecule has 34 valence electrons. The van der Waals surface area contributed by atoms with E-state index in [1.165, 1.54) is 0 Å². The average Bonchev–Trinajstić information content (AvgIpc) is 1.41. The van der Waals surface area contributed by atoms with Crippen molar-refractivity contribution in [2.45, 2.75) is 0 Å². The first-order valence-corrected chi connectivity index (χ1v) is 8.19. The van der Waals surface area contributed by atoms with Gasteiger partial charge in [0.25, 0.3) is 0 Å². The van der Waals surface area contributed by atoms with Gasteiger partial charge in [0.05, 0.1) is 0 Å². The molecule has 1 atom stereocenters. The van der Waals surface area contributed by atoms with Gasteiger partial charge in [0.1, 0.15) is 0 Å². The van der Waals surface area contributed by atoms with E-state index in [1.54, 1.807) is 0 Å². The Morgan fingerprint density at radius 2 is 2.60 bits per heavy atom. The number of hydrogen-bond donors (Lipinski definition) is 2. The molecule has 0 bridgehead atoms. The third-order valence-electron chi connectivity index (χ3n) is 0.0770. The van der Waals surface area contributed by atoms with Crippen molar-refractivity contribution in [2.75, 3.05) is 0 Å². The van der Waals surface area contributed by atoms with E-state index in [4.69, 9.17) is 3.56 Å². The molecule has 5 heavy (non-hydrogen) atoms. The molecule has 0 aromatic carbocycles. The fourth-order valence-electron chi connectivity index (χ4n) is 0.0206. The molecule has 0 aliphatic rings. The Hall–Kier alpha value is 1.65. The molecule has 0 saturated heterocycles. The van der Waals surface area contributed by atoms with Crippen molar-refractivity contribution in [2.24, 2.45) is 0 Å². The van der Waals surface area contributed by atoms with Crippen LogP contribution in [0.2, 0.25) is 0 Å². The van der Waals surface area contributed by atoms with Gasteiger partial charge in [-0.3, -0.25) is 0 Å². The molecule has 2 nitrogen and oxygen atoms in total. The molecule has 0 fully saturated rings. The molecule has 0 heterocycles. The van der Waals surface area contributed by atoms with Gasteiger partial charge in [0.15, 0.2) is 0 Å². The first-order chi connectivity index (χ1) is 2.41.